The number of carboxylic acid groups (broad SMARTS) is 1. The quantitative estimate of drug-likeness (QED) is 0.203. The van der Waals surface area contributed by atoms with Gasteiger partial charge in [-0.3, -0.25) is 0 Å². The number of aliphatic carboxylic acids is 1. The molecule has 1 unspecified atom stereocenters. The molecule has 148 valence electrons. The fraction of sp³-hybridized carbons (Fsp3) is 0.864. The Morgan fingerprint density at radius 3 is 1.76 bits per heavy atom. The van der Waals surface area contributed by atoms with Gasteiger partial charge in [0.2, 0.25) is 0 Å². The maximum atomic E-state index is 10.8. The van der Waals surface area contributed by atoms with Gasteiger partial charge in [-0.15, -0.1) is 0 Å². The molecule has 25 heavy (non-hydrogen) atoms. The molecular formula is C22H42O3. The highest BCUT2D eigenvalue weighted by molar-refractivity contribution is 5.72. The Morgan fingerprint density at radius 2 is 1.28 bits per heavy atom. The lowest BCUT2D eigenvalue weighted by Gasteiger charge is -2.10. The van der Waals surface area contributed by atoms with E-state index in [-0.39, 0.29) is 0 Å². The van der Waals surface area contributed by atoms with Crippen LogP contribution in [-0.4, -0.2) is 23.8 Å². The minimum atomic E-state index is -0.841. The summed E-state index contributed by atoms with van der Waals surface area (Å²) in [5.41, 5.74) is 0. The molecule has 0 heterocycles. The number of carbonyl (C=O) groups is 1. The van der Waals surface area contributed by atoms with E-state index in [9.17, 15) is 4.79 Å². The largest absolute Gasteiger partial charge is 0.479 e. The number of carboxylic acids is 1. The van der Waals surface area contributed by atoms with Gasteiger partial charge in [0.15, 0.2) is 6.10 Å². The molecule has 0 aliphatic carbocycles. The Hall–Kier alpha value is -0.830. The third-order valence-electron chi connectivity index (χ3n) is 4.62. The first kappa shape index (κ1) is 24.2. The van der Waals surface area contributed by atoms with Gasteiger partial charge in [-0.2, -0.15) is 0 Å². The summed E-state index contributed by atoms with van der Waals surface area (Å²) in [5, 5.41) is 8.88. The molecule has 0 rings (SSSR count). The van der Waals surface area contributed by atoms with Crippen LogP contribution >= 0.6 is 0 Å². The smallest absolute Gasteiger partial charge is 0.332 e. The number of ether oxygens (including phenoxy) is 1. The summed E-state index contributed by atoms with van der Waals surface area (Å²) in [6.45, 7) is 4.69. The van der Waals surface area contributed by atoms with Gasteiger partial charge in [0.05, 0.1) is 0 Å². The van der Waals surface area contributed by atoms with Crippen molar-refractivity contribution in [3.05, 3.63) is 12.2 Å². The highest BCUT2D eigenvalue weighted by Gasteiger charge is 2.14. The standard InChI is InChI=1S/C22H42O3/c1-3-5-6-7-8-9-10-11-12-13-14-15-16-17-18-19-20-25-21(4-2)22(23)24/h11-12,21H,3-10,13-20H2,1-2H3,(H,23,24). The Kier molecular flexibility index (Phi) is 18.8. The average molecular weight is 355 g/mol. The SMILES string of the molecule is CCCCCCCCC=CCCCCCCCCOC(CC)C(=O)O. The van der Waals surface area contributed by atoms with E-state index in [1.807, 2.05) is 6.92 Å². The molecule has 1 atom stereocenters. The van der Waals surface area contributed by atoms with Crippen LogP contribution in [0.15, 0.2) is 12.2 Å². The number of unbranched alkanes of at least 4 members (excludes halogenated alkanes) is 12. The molecule has 0 spiro atoms. The van der Waals surface area contributed by atoms with Crippen molar-refractivity contribution in [1.82, 2.24) is 0 Å². The first-order valence-electron chi connectivity index (χ1n) is 10.7. The van der Waals surface area contributed by atoms with Crippen LogP contribution in [0.2, 0.25) is 0 Å². The van der Waals surface area contributed by atoms with Gasteiger partial charge >= 0.3 is 5.97 Å². The number of hydrogen-bond donors (Lipinski definition) is 1. The Bertz CT molecular complexity index is 312. The lowest BCUT2D eigenvalue weighted by atomic mass is 10.1. The monoisotopic (exact) mass is 354 g/mol. The van der Waals surface area contributed by atoms with E-state index in [2.05, 4.69) is 19.1 Å². The first-order valence-corrected chi connectivity index (χ1v) is 10.7. The minimum absolute atomic E-state index is 0.543. The van der Waals surface area contributed by atoms with Gasteiger partial charge in [0.25, 0.3) is 0 Å². The lowest BCUT2D eigenvalue weighted by molar-refractivity contribution is -0.150. The zero-order valence-corrected chi connectivity index (χ0v) is 16.8. The lowest BCUT2D eigenvalue weighted by Crippen LogP contribution is -2.23. The first-order chi connectivity index (χ1) is 12.2. The van der Waals surface area contributed by atoms with Crippen LogP contribution in [0.3, 0.4) is 0 Å². The van der Waals surface area contributed by atoms with E-state index in [0.717, 1.165) is 12.8 Å². The maximum absolute atomic E-state index is 10.8. The number of rotatable bonds is 19. The van der Waals surface area contributed by atoms with Crippen LogP contribution in [0.25, 0.3) is 0 Å². The summed E-state index contributed by atoms with van der Waals surface area (Å²) in [6.07, 6.45) is 22.6. The summed E-state index contributed by atoms with van der Waals surface area (Å²) in [7, 11) is 0. The molecule has 0 bridgehead atoms. The van der Waals surface area contributed by atoms with E-state index >= 15 is 0 Å². The van der Waals surface area contributed by atoms with Crippen LogP contribution in [-0.2, 0) is 9.53 Å². The zero-order chi connectivity index (χ0) is 18.6. The van der Waals surface area contributed by atoms with Gasteiger partial charge in [-0.25, -0.2) is 4.79 Å². The van der Waals surface area contributed by atoms with E-state index in [1.54, 1.807) is 0 Å². The van der Waals surface area contributed by atoms with Crippen molar-refractivity contribution in [2.45, 2.75) is 116 Å². The van der Waals surface area contributed by atoms with Gasteiger partial charge in [0, 0.05) is 6.61 Å². The van der Waals surface area contributed by atoms with Crippen LogP contribution in [0, 0.1) is 0 Å². The maximum Gasteiger partial charge on any atom is 0.332 e. The fourth-order valence-electron chi connectivity index (χ4n) is 2.94. The van der Waals surface area contributed by atoms with Gasteiger partial charge in [0.1, 0.15) is 0 Å². The van der Waals surface area contributed by atoms with Crippen molar-refractivity contribution in [2.75, 3.05) is 6.61 Å². The second kappa shape index (κ2) is 19.5. The van der Waals surface area contributed by atoms with E-state index in [4.69, 9.17) is 9.84 Å². The molecular weight excluding hydrogens is 312 g/mol. The molecule has 0 saturated heterocycles. The molecule has 0 fully saturated rings. The zero-order valence-electron chi connectivity index (χ0n) is 16.8. The molecule has 1 N–H and O–H groups in total. The van der Waals surface area contributed by atoms with Crippen molar-refractivity contribution >= 4 is 5.97 Å². The molecule has 0 saturated carbocycles. The highest BCUT2D eigenvalue weighted by atomic mass is 16.5. The molecule has 0 aromatic heterocycles. The topological polar surface area (TPSA) is 46.5 Å². The van der Waals surface area contributed by atoms with Crippen LogP contribution < -0.4 is 0 Å². The molecule has 0 aliphatic rings. The van der Waals surface area contributed by atoms with Crippen molar-refractivity contribution in [3.63, 3.8) is 0 Å². The van der Waals surface area contributed by atoms with Crippen molar-refractivity contribution in [2.24, 2.45) is 0 Å². The van der Waals surface area contributed by atoms with E-state index in [0.29, 0.717) is 13.0 Å². The molecule has 0 aromatic carbocycles. The predicted molar refractivity (Wildman–Crippen MR) is 107 cm³/mol. The normalized spacial score (nSPS) is 12.7. The fourth-order valence-corrected chi connectivity index (χ4v) is 2.94. The van der Waals surface area contributed by atoms with Gasteiger partial charge in [-0.1, -0.05) is 83.8 Å². The third-order valence-corrected chi connectivity index (χ3v) is 4.62. The predicted octanol–water partition coefficient (Wildman–Crippen LogP) is 6.90. The molecule has 3 heteroatoms. The highest BCUT2D eigenvalue weighted by Crippen LogP contribution is 2.10. The summed E-state index contributed by atoms with van der Waals surface area (Å²) in [4.78, 5) is 10.8. The summed E-state index contributed by atoms with van der Waals surface area (Å²) in [6, 6.07) is 0. The third kappa shape index (κ3) is 17.8. The van der Waals surface area contributed by atoms with Gasteiger partial charge in [-0.05, 0) is 38.5 Å². The molecule has 3 nitrogen and oxygen atoms in total. The molecule has 0 radical (unpaired) electrons. The van der Waals surface area contributed by atoms with Crippen molar-refractivity contribution in [3.8, 4) is 0 Å². The summed E-state index contributed by atoms with van der Waals surface area (Å²) < 4.78 is 5.36. The van der Waals surface area contributed by atoms with Crippen LogP contribution in [0.4, 0.5) is 0 Å². The van der Waals surface area contributed by atoms with Gasteiger partial charge < -0.3 is 9.84 Å². The molecule has 0 aromatic rings. The summed E-state index contributed by atoms with van der Waals surface area (Å²) >= 11 is 0. The van der Waals surface area contributed by atoms with Crippen LogP contribution in [0.5, 0.6) is 0 Å². The Labute approximate surface area is 156 Å². The average Bonchev–Trinajstić information content (AvgIpc) is 2.60. The summed E-state index contributed by atoms with van der Waals surface area (Å²) in [5.74, 6) is -0.841. The molecule has 0 amide bonds. The van der Waals surface area contributed by atoms with Crippen LogP contribution in [0.1, 0.15) is 110 Å². The van der Waals surface area contributed by atoms with E-state index in [1.165, 1.54) is 77.0 Å². The number of allylic oxidation sites excluding steroid dienone is 2. The minimum Gasteiger partial charge on any atom is -0.479 e. The van der Waals surface area contributed by atoms with Crippen molar-refractivity contribution < 1.29 is 14.6 Å². The second-order valence-corrected chi connectivity index (χ2v) is 7.04. The Balaban J connectivity index is 3.20. The number of hydrogen-bond acceptors (Lipinski definition) is 2. The second-order valence-electron chi connectivity index (χ2n) is 7.04. The van der Waals surface area contributed by atoms with Crippen molar-refractivity contribution in [1.29, 1.82) is 0 Å². The molecule has 0 aliphatic heterocycles. The van der Waals surface area contributed by atoms with E-state index < -0.39 is 12.1 Å². The Morgan fingerprint density at radius 1 is 0.800 bits per heavy atom.